The molecule has 4 nitrogen and oxygen atoms in total. The number of anilines is 1. The Morgan fingerprint density at radius 2 is 1.15 bits per heavy atom. The molecule has 2 aromatic heterocycles. The second kappa shape index (κ2) is 11.9. The minimum atomic E-state index is 0.708. The van der Waals surface area contributed by atoms with E-state index in [-0.39, 0.29) is 0 Å². The molecule has 12 aromatic rings. The van der Waals surface area contributed by atoms with E-state index in [0.29, 0.717) is 6.54 Å². The van der Waals surface area contributed by atoms with Crippen molar-refractivity contribution in [2.24, 2.45) is 0 Å². The number of nitrogens with zero attached hydrogens (tertiary/aromatic N) is 3. The molecule has 0 amide bonds. The maximum absolute atomic E-state index is 5.28. The molecule has 10 aromatic carbocycles. The van der Waals surface area contributed by atoms with Crippen molar-refractivity contribution in [2.75, 3.05) is 18.4 Å². The van der Waals surface area contributed by atoms with E-state index in [1.54, 1.807) is 0 Å². The van der Waals surface area contributed by atoms with E-state index in [9.17, 15) is 0 Å². The first-order valence-electron chi connectivity index (χ1n) is 21.8. The highest BCUT2D eigenvalue weighted by atomic mass is 14.9. The molecular weight excluding hydrogens is 753 g/mol. The lowest BCUT2D eigenvalue weighted by atomic mass is 9.90. The molecular formula is C58H35N4-. The van der Waals surface area contributed by atoms with Crippen molar-refractivity contribution in [2.45, 2.75) is 12.8 Å². The zero-order valence-electron chi connectivity index (χ0n) is 33.7. The average Bonchev–Trinajstić information content (AvgIpc) is 3.82. The number of aryl methyl sites for hydroxylation is 1. The van der Waals surface area contributed by atoms with E-state index in [4.69, 9.17) is 15.3 Å². The Hall–Kier alpha value is -7.82. The van der Waals surface area contributed by atoms with Gasteiger partial charge in [0.2, 0.25) is 0 Å². The van der Waals surface area contributed by atoms with Gasteiger partial charge in [-0.25, -0.2) is 9.97 Å². The van der Waals surface area contributed by atoms with E-state index in [2.05, 4.69) is 163 Å². The summed E-state index contributed by atoms with van der Waals surface area (Å²) >= 11 is 0. The molecule has 0 spiro atoms. The standard InChI is InChI=1S/C58H35N4/c1-7-40-44-27-37(52-22-19-34-14-12-32-6-4-24-60-56(32)58(34)62-52)17-20-39(44)49-29-47-43-10-2-8-41-45-28-38-25-36(51-21-18-33-13-11-31-5-3-23-59-55(31)57(33)61-51)16-15-35(38)26-46(45)50(54(41)43)30-48(47)42(9-1)53(40)49/h1-16,18-19,21-22,25-30,59H,17,20,23-24H2/q-1. The van der Waals surface area contributed by atoms with Crippen LogP contribution < -0.4 is 5.32 Å². The number of aromatic nitrogens is 2. The Balaban J connectivity index is 0.900. The summed E-state index contributed by atoms with van der Waals surface area (Å²) in [7, 11) is 0. The molecule has 2 aliphatic heterocycles. The van der Waals surface area contributed by atoms with Crippen molar-refractivity contribution in [1.29, 1.82) is 0 Å². The highest BCUT2D eigenvalue weighted by molar-refractivity contribution is 6.39. The fourth-order valence-electron chi connectivity index (χ4n) is 11.4. The van der Waals surface area contributed by atoms with Crippen LogP contribution in [0.2, 0.25) is 0 Å². The summed E-state index contributed by atoms with van der Waals surface area (Å²) in [6, 6.07) is 48.0. The van der Waals surface area contributed by atoms with Gasteiger partial charge in [-0.2, -0.15) is 0 Å². The number of hydrogen-bond donors (Lipinski definition) is 1. The molecule has 1 aliphatic carbocycles. The smallest absolute Gasteiger partial charge is 0.0947 e. The van der Waals surface area contributed by atoms with Crippen LogP contribution in [0.15, 0.2) is 140 Å². The minimum Gasteiger partial charge on any atom is -0.679 e. The van der Waals surface area contributed by atoms with Crippen LogP contribution in [0, 0.1) is 0 Å². The van der Waals surface area contributed by atoms with Gasteiger partial charge in [0, 0.05) is 17.5 Å². The fraction of sp³-hybridized carbons (Fsp3) is 0.0690. The Morgan fingerprint density at radius 3 is 2.02 bits per heavy atom. The van der Waals surface area contributed by atoms with E-state index in [1.165, 1.54) is 97.7 Å². The molecule has 288 valence electrons. The summed E-state index contributed by atoms with van der Waals surface area (Å²) < 4.78 is 0. The van der Waals surface area contributed by atoms with Crippen LogP contribution in [0.1, 0.15) is 34.4 Å². The van der Waals surface area contributed by atoms with E-state index in [0.717, 1.165) is 75.1 Å². The van der Waals surface area contributed by atoms with Crippen molar-refractivity contribution in [3.05, 3.63) is 173 Å². The monoisotopic (exact) mass is 787 g/mol. The van der Waals surface area contributed by atoms with Crippen molar-refractivity contribution >= 4 is 132 Å². The molecule has 0 atom stereocenters. The largest absolute Gasteiger partial charge is 0.679 e. The van der Waals surface area contributed by atoms with Crippen LogP contribution in [-0.2, 0) is 6.42 Å². The van der Waals surface area contributed by atoms with Crippen molar-refractivity contribution in [1.82, 2.24) is 9.97 Å². The Kier molecular flexibility index (Phi) is 6.34. The molecule has 1 N–H and O–H groups in total. The molecule has 0 saturated carbocycles. The Bertz CT molecular complexity index is 4090. The van der Waals surface area contributed by atoms with Crippen LogP contribution in [0.3, 0.4) is 0 Å². The summed E-state index contributed by atoms with van der Waals surface area (Å²) in [4.78, 5) is 10.5. The summed E-state index contributed by atoms with van der Waals surface area (Å²) in [6.45, 7) is 1.53. The second-order valence-electron chi connectivity index (χ2n) is 17.5. The van der Waals surface area contributed by atoms with E-state index < -0.39 is 0 Å². The van der Waals surface area contributed by atoms with Gasteiger partial charge in [-0.15, -0.1) is 18.3 Å². The fourth-order valence-corrected chi connectivity index (χ4v) is 11.4. The number of allylic oxidation sites excluding steroid dienone is 1. The average molecular weight is 788 g/mol. The number of rotatable bonds is 2. The number of nitrogens with one attached hydrogen (secondary N) is 1. The van der Waals surface area contributed by atoms with Gasteiger partial charge < -0.3 is 10.6 Å². The lowest BCUT2D eigenvalue weighted by molar-refractivity contribution is 1.01. The van der Waals surface area contributed by atoms with Gasteiger partial charge in [0.05, 0.1) is 28.1 Å². The topological polar surface area (TPSA) is 51.9 Å². The quantitative estimate of drug-likeness (QED) is 0.178. The third-order valence-corrected chi connectivity index (χ3v) is 14.3. The SMILES string of the molecule is C1=Cc2ccc3ccc(C4=Cc5c(c6cc7c(cc8c9cc%10ccc(-c%11ccc%12ccc%13c(c%12n%11)NCC=C%13)cc%10cc9c9cccc7c98)c7cccc5c67)CC4)nc3c2[N-]C1. The molecule has 0 bridgehead atoms. The lowest BCUT2D eigenvalue weighted by Crippen LogP contribution is -2.05. The third-order valence-electron chi connectivity index (χ3n) is 14.3. The maximum atomic E-state index is 5.28. The van der Waals surface area contributed by atoms with Crippen molar-refractivity contribution in [3.63, 3.8) is 0 Å². The van der Waals surface area contributed by atoms with Gasteiger partial charge >= 0.3 is 0 Å². The molecule has 4 heteroatoms. The van der Waals surface area contributed by atoms with Gasteiger partial charge in [0.15, 0.2) is 0 Å². The summed E-state index contributed by atoms with van der Waals surface area (Å²) in [6.07, 6.45) is 13.0. The molecule has 62 heavy (non-hydrogen) atoms. The third kappa shape index (κ3) is 4.40. The van der Waals surface area contributed by atoms with Gasteiger partial charge in [-0.05, 0) is 170 Å². The van der Waals surface area contributed by atoms with Gasteiger partial charge in [-0.3, -0.25) is 0 Å². The highest BCUT2D eigenvalue weighted by Crippen LogP contribution is 2.49. The summed E-state index contributed by atoms with van der Waals surface area (Å²) in [5.74, 6) is 0. The van der Waals surface area contributed by atoms with Crippen LogP contribution in [0.25, 0.3) is 138 Å². The summed E-state index contributed by atoms with van der Waals surface area (Å²) in [5.41, 5.74) is 13.8. The van der Waals surface area contributed by atoms with Crippen LogP contribution in [0.5, 0.6) is 0 Å². The number of pyridine rings is 2. The molecule has 0 unspecified atom stereocenters. The molecule has 4 heterocycles. The van der Waals surface area contributed by atoms with Crippen LogP contribution in [-0.4, -0.2) is 23.1 Å². The van der Waals surface area contributed by atoms with Crippen LogP contribution >= 0.6 is 0 Å². The van der Waals surface area contributed by atoms with Gasteiger partial charge in [0.1, 0.15) is 0 Å². The Labute approximate surface area is 356 Å². The first kappa shape index (κ1) is 33.0. The molecule has 0 saturated heterocycles. The zero-order valence-corrected chi connectivity index (χ0v) is 33.7. The highest BCUT2D eigenvalue weighted by Gasteiger charge is 2.24. The van der Waals surface area contributed by atoms with Gasteiger partial charge in [-0.1, -0.05) is 103 Å². The normalized spacial score (nSPS) is 14.7. The van der Waals surface area contributed by atoms with E-state index in [1.807, 2.05) is 0 Å². The number of hydrogen-bond acceptors (Lipinski definition) is 3. The lowest BCUT2D eigenvalue weighted by Gasteiger charge is -2.27. The molecule has 0 radical (unpaired) electrons. The first-order chi connectivity index (χ1) is 30.7. The molecule has 0 fully saturated rings. The molecule has 3 aliphatic rings. The number of fused-ring (bicyclic) bond motifs is 16. The second-order valence-corrected chi connectivity index (χ2v) is 17.5. The van der Waals surface area contributed by atoms with Crippen molar-refractivity contribution in [3.8, 4) is 11.3 Å². The maximum Gasteiger partial charge on any atom is 0.0947 e. The molecule has 15 rings (SSSR count). The van der Waals surface area contributed by atoms with Crippen LogP contribution in [0.4, 0.5) is 11.4 Å². The predicted octanol–water partition coefficient (Wildman–Crippen LogP) is 15.4. The minimum absolute atomic E-state index is 0.708. The van der Waals surface area contributed by atoms with E-state index >= 15 is 0 Å². The summed E-state index contributed by atoms with van der Waals surface area (Å²) in [5, 5.41) is 29.3. The number of benzene rings is 8. The predicted molar refractivity (Wildman–Crippen MR) is 264 cm³/mol. The van der Waals surface area contributed by atoms with Gasteiger partial charge in [0.25, 0.3) is 0 Å². The Morgan fingerprint density at radius 1 is 0.484 bits per heavy atom. The zero-order chi connectivity index (χ0) is 40.2. The first-order valence-corrected chi connectivity index (χ1v) is 21.8. The van der Waals surface area contributed by atoms with Crippen molar-refractivity contribution < 1.29 is 0 Å².